The van der Waals surface area contributed by atoms with Crippen LogP contribution in [0.1, 0.15) is 16.7 Å². The van der Waals surface area contributed by atoms with Gasteiger partial charge in [0.1, 0.15) is 11.6 Å². The number of nitrogens with zero attached hydrogens (tertiary/aromatic N) is 3. The maximum absolute atomic E-state index is 12.7. The van der Waals surface area contributed by atoms with Crippen LogP contribution in [0, 0.1) is 35.3 Å². The normalized spacial score (nSPS) is 14.2. The monoisotopic (exact) mass is 406 g/mol. The largest absolute Gasteiger partial charge is 0.378 e. The molecule has 154 valence electrons. The van der Waals surface area contributed by atoms with Crippen LogP contribution in [0.3, 0.4) is 0 Å². The summed E-state index contributed by atoms with van der Waals surface area (Å²) in [5.74, 6) is -0.569. The van der Waals surface area contributed by atoms with E-state index in [4.69, 9.17) is 4.74 Å². The Morgan fingerprint density at radius 2 is 1.93 bits per heavy atom. The molecule has 0 saturated carbocycles. The summed E-state index contributed by atoms with van der Waals surface area (Å²) in [6.07, 6.45) is 1.40. The lowest BCUT2D eigenvalue weighted by Crippen LogP contribution is -2.36. The number of carbonyl (C=O) groups excluding carboxylic acids is 1. The third-order valence-corrected chi connectivity index (χ3v) is 5.00. The second-order valence-corrected chi connectivity index (χ2v) is 7.02. The number of nitro benzene ring substituents is 1. The van der Waals surface area contributed by atoms with E-state index in [-0.39, 0.29) is 11.3 Å². The van der Waals surface area contributed by atoms with Crippen molar-refractivity contribution < 1.29 is 14.5 Å². The summed E-state index contributed by atoms with van der Waals surface area (Å²) in [5.41, 5.74) is 3.61. The topological polar surface area (TPSA) is 108 Å². The van der Waals surface area contributed by atoms with Gasteiger partial charge in [0.2, 0.25) is 0 Å². The molecular formula is C22H22N4O4. The van der Waals surface area contributed by atoms with Crippen LogP contribution in [0.4, 0.5) is 17.1 Å². The average molecular weight is 406 g/mol. The predicted molar refractivity (Wildman–Crippen MR) is 114 cm³/mol. The molecule has 0 spiro atoms. The highest BCUT2D eigenvalue weighted by molar-refractivity contribution is 6.10. The average Bonchev–Trinajstić information content (AvgIpc) is 2.75. The molecule has 0 aliphatic carbocycles. The lowest BCUT2D eigenvalue weighted by Gasteiger charge is -2.30. The summed E-state index contributed by atoms with van der Waals surface area (Å²) in [6.45, 7) is 6.22. The van der Waals surface area contributed by atoms with Gasteiger partial charge in [0.25, 0.3) is 11.6 Å². The number of carbonyl (C=O) groups is 1. The van der Waals surface area contributed by atoms with Gasteiger partial charge < -0.3 is 15.0 Å². The highest BCUT2D eigenvalue weighted by Crippen LogP contribution is 2.28. The number of ether oxygens (including phenoxy) is 1. The fourth-order valence-corrected chi connectivity index (χ4v) is 3.19. The number of rotatable bonds is 5. The number of anilines is 2. The number of morpholine rings is 1. The van der Waals surface area contributed by atoms with Crippen LogP contribution in [0.5, 0.6) is 0 Å². The van der Waals surface area contributed by atoms with Gasteiger partial charge in [0, 0.05) is 42.2 Å². The van der Waals surface area contributed by atoms with Gasteiger partial charge in [-0.15, -0.1) is 0 Å². The van der Waals surface area contributed by atoms with Crippen molar-refractivity contribution in [3.8, 4) is 6.07 Å². The minimum absolute atomic E-state index is 0.106. The van der Waals surface area contributed by atoms with E-state index in [0.717, 1.165) is 16.8 Å². The standard InChI is InChI=1S/C22H22N4O4/c1-15-3-4-19(11-16(15)2)24-22(27)18(14-23)12-17-13-20(26(28)29)5-6-21(17)25-7-9-30-10-8-25/h3-6,11-13H,7-10H2,1-2H3,(H,24,27). The lowest BCUT2D eigenvalue weighted by molar-refractivity contribution is -0.384. The third kappa shape index (κ3) is 4.82. The molecule has 2 aromatic rings. The zero-order chi connectivity index (χ0) is 21.7. The van der Waals surface area contributed by atoms with Crippen LogP contribution in [0.2, 0.25) is 0 Å². The SMILES string of the molecule is Cc1ccc(NC(=O)C(C#N)=Cc2cc([N+](=O)[O-])ccc2N2CCOCC2)cc1C. The first-order valence-electron chi connectivity index (χ1n) is 9.50. The van der Waals surface area contributed by atoms with Crippen molar-refractivity contribution in [1.29, 1.82) is 5.26 Å². The number of nitriles is 1. The zero-order valence-electron chi connectivity index (χ0n) is 16.8. The number of hydrogen-bond donors (Lipinski definition) is 1. The van der Waals surface area contributed by atoms with E-state index >= 15 is 0 Å². The van der Waals surface area contributed by atoms with Crippen LogP contribution in [-0.2, 0) is 9.53 Å². The third-order valence-electron chi connectivity index (χ3n) is 5.00. The first-order chi connectivity index (χ1) is 14.4. The number of hydrogen-bond acceptors (Lipinski definition) is 6. The zero-order valence-corrected chi connectivity index (χ0v) is 16.8. The minimum atomic E-state index is -0.569. The molecule has 0 radical (unpaired) electrons. The summed E-state index contributed by atoms with van der Waals surface area (Å²) in [5, 5.41) is 23.5. The number of nitrogens with one attached hydrogen (secondary N) is 1. The van der Waals surface area contributed by atoms with Crippen molar-refractivity contribution in [3.05, 3.63) is 68.8 Å². The minimum Gasteiger partial charge on any atom is -0.378 e. The van der Waals surface area contributed by atoms with Gasteiger partial charge in [0.05, 0.1) is 18.1 Å². The molecule has 2 aromatic carbocycles. The molecule has 0 unspecified atom stereocenters. The molecule has 1 fully saturated rings. The summed E-state index contributed by atoms with van der Waals surface area (Å²) < 4.78 is 5.37. The van der Waals surface area contributed by atoms with Crippen molar-refractivity contribution in [3.63, 3.8) is 0 Å². The molecule has 1 amide bonds. The predicted octanol–water partition coefficient (Wildman–Crippen LogP) is 3.59. The molecule has 1 aliphatic heterocycles. The van der Waals surface area contributed by atoms with Crippen molar-refractivity contribution >= 4 is 29.0 Å². The van der Waals surface area contributed by atoms with Gasteiger partial charge in [-0.2, -0.15) is 5.26 Å². The molecule has 0 bridgehead atoms. The quantitative estimate of drug-likeness (QED) is 0.352. The molecule has 1 aliphatic rings. The molecule has 3 rings (SSSR count). The van der Waals surface area contributed by atoms with Crippen molar-refractivity contribution in [2.24, 2.45) is 0 Å². The van der Waals surface area contributed by atoms with E-state index in [2.05, 4.69) is 5.32 Å². The van der Waals surface area contributed by atoms with Gasteiger partial charge in [-0.25, -0.2) is 0 Å². The molecule has 1 saturated heterocycles. The van der Waals surface area contributed by atoms with E-state index in [1.807, 2.05) is 36.9 Å². The second-order valence-electron chi connectivity index (χ2n) is 7.02. The molecule has 8 nitrogen and oxygen atoms in total. The van der Waals surface area contributed by atoms with Gasteiger partial charge in [-0.05, 0) is 49.2 Å². The maximum atomic E-state index is 12.7. The molecule has 8 heteroatoms. The number of benzene rings is 2. The Balaban J connectivity index is 1.95. The molecule has 1 N–H and O–H groups in total. The Bertz CT molecular complexity index is 1050. The van der Waals surface area contributed by atoms with E-state index in [9.17, 15) is 20.2 Å². The molecule has 0 aromatic heterocycles. The Morgan fingerprint density at radius 3 is 2.57 bits per heavy atom. The van der Waals surface area contributed by atoms with E-state index in [1.54, 1.807) is 12.1 Å². The van der Waals surface area contributed by atoms with Gasteiger partial charge >= 0.3 is 0 Å². The van der Waals surface area contributed by atoms with Gasteiger partial charge in [-0.3, -0.25) is 14.9 Å². The Labute approximate surface area is 174 Å². The van der Waals surface area contributed by atoms with Crippen molar-refractivity contribution in [1.82, 2.24) is 0 Å². The number of nitro groups is 1. The van der Waals surface area contributed by atoms with E-state index < -0.39 is 10.8 Å². The van der Waals surface area contributed by atoms with E-state index in [1.165, 1.54) is 18.2 Å². The van der Waals surface area contributed by atoms with Crippen molar-refractivity contribution in [2.45, 2.75) is 13.8 Å². The summed E-state index contributed by atoms with van der Waals surface area (Å²) >= 11 is 0. The number of amides is 1. The van der Waals surface area contributed by atoms with Crippen LogP contribution in [0.15, 0.2) is 42.0 Å². The Kier molecular flexibility index (Phi) is 6.45. The number of aryl methyl sites for hydroxylation is 2. The summed E-state index contributed by atoms with van der Waals surface area (Å²) in [4.78, 5) is 25.4. The van der Waals surface area contributed by atoms with Crippen LogP contribution in [-0.4, -0.2) is 37.1 Å². The fourth-order valence-electron chi connectivity index (χ4n) is 3.19. The highest BCUT2D eigenvalue weighted by atomic mass is 16.6. The first kappa shape index (κ1) is 21.0. The Morgan fingerprint density at radius 1 is 1.20 bits per heavy atom. The molecule has 0 atom stereocenters. The first-order valence-corrected chi connectivity index (χ1v) is 9.50. The Hall–Kier alpha value is -3.70. The number of non-ortho nitro benzene ring substituents is 1. The molecular weight excluding hydrogens is 384 g/mol. The van der Waals surface area contributed by atoms with Gasteiger partial charge in [-0.1, -0.05) is 6.07 Å². The second kappa shape index (κ2) is 9.20. The van der Waals surface area contributed by atoms with E-state index in [0.29, 0.717) is 37.6 Å². The van der Waals surface area contributed by atoms with Crippen LogP contribution in [0.25, 0.3) is 6.08 Å². The van der Waals surface area contributed by atoms with Crippen molar-refractivity contribution in [2.75, 3.05) is 36.5 Å². The highest BCUT2D eigenvalue weighted by Gasteiger charge is 2.19. The van der Waals surface area contributed by atoms with Crippen LogP contribution < -0.4 is 10.2 Å². The summed E-state index contributed by atoms with van der Waals surface area (Å²) in [6, 6.07) is 11.8. The lowest BCUT2D eigenvalue weighted by atomic mass is 10.1. The fraction of sp³-hybridized carbons (Fsp3) is 0.273. The summed E-state index contributed by atoms with van der Waals surface area (Å²) in [7, 11) is 0. The smallest absolute Gasteiger partial charge is 0.270 e. The van der Waals surface area contributed by atoms with Crippen LogP contribution >= 0.6 is 0 Å². The molecule has 30 heavy (non-hydrogen) atoms. The van der Waals surface area contributed by atoms with Gasteiger partial charge in [0.15, 0.2) is 0 Å². The maximum Gasteiger partial charge on any atom is 0.270 e. The molecule has 1 heterocycles.